The maximum Gasteiger partial charge on any atom is 0.0504 e. The summed E-state index contributed by atoms with van der Waals surface area (Å²) in [4.78, 5) is 0. The van der Waals surface area contributed by atoms with Crippen molar-refractivity contribution >= 4 is 8.07 Å². The van der Waals surface area contributed by atoms with Crippen molar-refractivity contribution in [3.05, 3.63) is 0 Å². The summed E-state index contributed by atoms with van der Waals surface area (Å²) in [7, 11) is -0.565. The average molecular weight is 198 g/mol. The summed E-state index contributed by atoms with van der Waals surface area (Å²) in [5.74, 6) is 0. The zero-order valence-corrected chi connectivity index (χ0v) is 10.6. The highest BCUT2D eigenvalue weighted by Gasteiger charge is 2.32. The summed E-state index contributed by atoms with van der Waals surface area (Å²) in [6.07, 6.45) is 10.4. The van der Waals surface area contributed by atoms with E-state index in [-0.39, 0.29) is 0 Å². The topological polar surface area (TPSA) is 0 Å². The molecular weight excluding hydrogens is 172 g/mol. The fourth-order valence-corrected chi connectivity index (χ4v) is 5.53. The molecule has 0 nitrogen and oxygen atoms in total. The number of unbranched alkanes of at least 4 members (excludes halogenated alkanes) is 5. The molecule has 1 heterocycles. The van der Waals surface area contributed by atoms with Crippen molar-refractivity contribution in [3.8, 4) is 0 Å². The molecule has 1 heteroatoms. The van der Waals surface area contributed by atoms with Gasteiger partial charge in [-0.1, -0.05) is 76.5 Å². The van der Waals surface area contributed by atoms with E-state index in [2.05, 4.69) is 13.5 Å². The highest BCUT2D eigenvalue weighted by Crippen LogP contribution is 2.36. The molecule has 1 fully saturated rings. The first-order chi connectivity index (χ1) is 6.27. The SMILES string of the molecule is CCCCCCCC[Si]1(C)CCC1. The Morgan fingerprint density at radius 2 is 1.54 bits per heavy atom. The van der Waals surface area contributed by atoms with E-state index in [1.54, 1.807) is 31.0 Å². The fraction of sp³-hybridized carbons (Fsp3) is 1.00. The van der Waals surface area contributed by atoms with Crippen LogP contribution in [0.3, 0.4) is 0 Å². The lowest BCUT2D eigenvalue weighted by molar-refractivity contribution is 0.619. The molecule has 0 aromatic heterocycles. The first kappa shape index (κ1) is 11.3. The van der Waals surface area contributed by atoms with E-state index in [4.69, 9.17) is 0 Å². The predicted molar refractivity (Wildman–Crippen MR) is 64.0 cm³/mol. The van der Waals surface area contributed by atoms with Gasteiger partial charge in [-0.25, -0.2) is 0 Å². The van der Waals surface area contributed by atoms with Crippen molar-refractivity contribution in [3.63, 3.8) is 0 Å². The van der Waals surface area contributed by atoms with Crippen molar-refractivity contribution < 1.29 is 0 Å². The zero-order chi connectivity index (χ0) is 9.57. The van der Waals surface area contributed by atoms with E-state index >= 15 is 0 Å². The summed E-state index contributed by atoms with van der Waals surface area (Å²) in [5, 5.41) is 0. The van der Waals surface area contributed by atoms with Crippen LogP contribution in [0.2, 0.25) is 24.7 Å². The third kappa shape index (κ3) is 4.30. The molecule has 1 aliphatic rings. The molecule has 1 rings (SSSR count). The molecule has 0 bridgehead atoms. The molecule has 0 spiro atoms. The van der Waals surface area contributed by atoms with E-state index in [0.29, 0.717) is 0 Å². The number of hydrogen-bond donors (Lipinski definition) is 0. The van der Waals surface area contributed by atoms with Crippen LogP contribution in [0.4, 0.5) is 0 Å². The predicted octanol–water partition coefficient (Wildman–Crippen LogP) is 4.83. The lowest BCUT2D eigenvalue weighted by Gasteiger charge is -2.36. The third-order valence-corrected chi connectivity index (χ3v) is 8.38. The Bertz CT molecular complexity index is 127. The van der Waals surface area contributed by atoms with Gasteiger partial charge in [0.05, 0.1) is 8.07 Å². The van der Waals surface area contributed by atoms with Gasteiger partial charge in [-0.15, -0.1) is 0 Å². The van der Waals surface area contributed by atoms with Gasteiger partial charge < -0.3 is 0 Å². The van der Waals surface area contributed by atoms with Crippen LogP contribution in [-0.2, 0) is 0 Å². The maximum absolute atomic E-state index is 2.61. The Balaban J connectivity index is 1.83. The fourth-order valence-electron chi connectivity index (χ4n) is 2.36. The molecule has 0 atom stereocenters. The van der Waals surface area contributed by atoms with Gasteiger partial charge in [-0.2, -0.15) is 0 Å². The summed E-state index contributed by atoms with van der Waals surface area (Å²) >= 11 is 0. The molecule has 0 unspecified atom stereocenters. The molecule has 0 radical (unpaired) electrons. The molecular formula is C12H26Si. The average Bonchev–Trinajstić information content (AvgIpc) is 2.08. The van der Waals surface area contributed by atoms with Crippen LogP contribution in [0.25, 0.3) is 0 Å². The largest absolute Gasteiger partial charge is 0.0691 e. The van der Waals surface area contributed by atoms with Gasteiger partial charge >= 0.3 is 0 Å². The van der Waals surface area contributed by atoms with Gasteiger partial charge in [0.15, 0.2) is 0 Å². The lowest BCUT2D eigenvalue weighted by Crippen LogP contribution is -2.37. The molecule has 0 aliphatic carbocycles. The van der Waals surface area contributed by atoms with Crippen LogP contribution in [0, 0.1) is 0 Å². The minimum absolute atomic E-state index is 0.565. The minimum Gasteiger partial charge on any atom is -0.0691 e. The van der Waals surface area contributed by atoms with E-state index in [1.807, 2.05) is 0 Å². The Kier molecular flexibility index (Phi) is 5.08. The van der Waals surface area contributed by atoms with Crippen molar-refractivity contribution in [1.29, 1.82) is 0 Å². The van der Waals surface area contributed by atoms with E-state index < -0.39 is 8.07 Å². The third-order valence-electron chi connectivity index (χ3n) is 3.69. The maximum atomic E-state index is 2.61. The molecule has 0 amide bonds. The van der Waals surface area contributed by atoms with Gasteiger partial charge in [-0.05, 0) is 0 Å². The Morgan fingerprint density at radius 1 is 0.923 bits per heavy atom. The van der Waals surface area contributed by atoms with Gasteiger partial charge in [0, 0.05) is 0 Å². The molecule has 13 heavy (non-hydrogen) atoms. The minimum atomic E-state index is -0.565. The second-order valence-corrected chi connectivity index (χ2v) is 10.3. The lowest BCUT2D eigenvalue weighted by atomic mass is 10.1. The number of rotatable bonds is 7. The standard InChI is InChI=1S/C12H26Si/c1-3-4-5-6-7-8-10-13(2)11-9-12-13/h3-12H2,1-2H3. The van der Waals surface area contributed by atoms with Crippen LogP contribution in [0.1, 0.15) is 51.9 Å². The number of hydrogen-bond acceptors (Lipinski definition) is 0. The van der Waals surface area contributed by atoms with Crippen LogP contribution in [0.5, 0.6) is 0 Å². The first-order valence-corrected chi connectivity index (χ1v) is 9.39. The van der Waals surface area contributed by atoms with Crippen LogP contribution in [0.15, 0.2) is 0 Å². The molecule has 0 aromatic rings. The molecule has 1 aliphatic heterocycles. The Hall–Kier alpha value is 0.217. The first-order valence-electron chi connectivity index (χ1n) is 6.27. The zero-order valence-electron chi connectivity index (χ0n) is 9.57. The summed E-state index contributed by atoms with van der Waals surface area (Å²) in [5.41, 5.74) is 0. The van der Waals surface area contributed by atoms with E-state index in [1.165, 1.54) is 32.1 Å². The van der Waals surface area contributed by atoms with Crippen LogP contribution >= 0.6 is 0 Å². The van der Waals surface area contributed by atoms with Crippen LogP contribution < -0.4 is 0 Å². The van der Waals surface area contributed by atoms with Gasteiger partial charge in [0.25, 0.3) is 0 Å². The van der Waals surface area contributed by atoms with Gasteiger partial charge in [-0.3, -0.25) is 0 Å². The molecule has 0 saturated carbocycles. The van der Waals surface area contributed by atoms with Crippen molar-refractivity contribution in [2.45, 2.75) is 76.5 Å². The Labute approximate surface area is 85.1 Å². The highest BCUT2D eigenvalue weighted by atomic mass is 28.3. The van der Waals surface area contributed by atoms with E-state index in [0.717, 1.165) is 0 Å². The van der Waals surface area contributed by atoms with Crippen molar-refractivity contribution in [2.75, 3.05) is 0 Å². The monoisotopic (exact) mass is 198 g/mol. The summed E-state index contributed by atoms with van der Waals surface area (Å²) < 4.78 is 0. The van der Waals surface area contributed by atoms with Crippen molar-refractivity contribution in [2.24, 2.45) is 0 Å². The van der Waals surface area contributed by atoms with E-state index in [9.17, 15) is 0 Å². The molecule has 78 valence electrons. The second-order valence-electron chi connectivity index (χ2n) is 5.18. The normalized spacial score (nSPS) is 19.8. The summed E-state index contributed by atoms with van der Waals surface area (Å²) in [6.45, 7) is 4.91. The Morgan fingerprint density at radius 3 is 2.08 bits per heavy atom. The summed E-state index contributed by atoms with van der Waals surface area (Å²) in [6, 6.07) is 4.92. The van der Waals surface area contributed by atoms with Gasteiger partial charge in [0.1, 0.15) is 0 Å². The molecule has 0 aromatic carbocycles. The highest BCUT2D eigenvalue weighted by molar-refractivity contribution is 6.81. The van der Waals surface area contributed by atoms with Gasteiger partial charge in [0.2, 0.25) is 0 Å². The molecule has 1 saturated heterocycles. The quantitative estimate of drug-likeness (QED) is 0.406. The van der Waals surface area contributed by atoms with Crippen molar-refractivity contribution in [1.82, 2.24) is 0 Å². The molecule has 0 N–H and O–H groups in total. The second kappa shape index (κ2) is 5.84. The van der Waals surface area contributed by atoms with Crippen LogP contribution in [-0.4, -0.2) is 8.07 Å². The smallest absolute Gasteiger partial charge is 0.0504 e.